The van der Waals surface area contributed by atoms with Crippen molar-refractivity contribution in [3.8, 4) is 11.1 Å². The Morgan fingerprint density at radius 1 is 1.19 bits per heavy atom. The molecule has 10 heteroatoms. The number of benzene rings is 2. The van der Waals surface area contributed by atoms with Crippen LogP contribution in [0.3, 0.4) is 0 Å². The van der Waals surface area contributed by atoms with E-state index in [1.165, 1.54) is 0 Å². The molecule has 2 N–H and O–H groups in total. The number of halogens is 1. The molecular weight excluding hydrogens is 498 g/mol. The van der Waals surface area contributed by atoms with Gasteiger partial charge in [-0.25, -0.2) is 4.98 Å². The highest BCUT2D eigenvalue weighted by Gasteiger charge is 2.17. The molecule has 0 aliphatic carbocycles. The van der Waals surface area contributed by atoms with Crippen molar-refractivity contribution >= 4 is 45.1 Å². The average molecular weight is 524 g/mol. The van der Waals surface area contributed by atoms with Crippen LogP contribution in [0.1, 0.15) is 18.6 Å². The molecule has 186 valence electrons. The van der Waals surface area contributed by atoms with Crippen LogP contribution in [0.5, 0.6) is 0 Å². The molecular formula is C26H26ClN5O3S. The Bertz CT molecular complexity index is 1500. The van der Waals surface area contributed by atoms with E-state index in [1.54, 1.807) is 41.3 Å². The highest BCUT2D eigenvalue weighted by atomic mass is 35.5. The maximum atomic E-state index is 13.4. The van der Waals surface area contributed by atoms with Crippen LogP contribution in [0.15, 0.2) is 64.4 Å². The summed E-state index contributed by atoms with van der Waals surface area (Å²) >= 11 is 6.43. The molecule has 1 saturated heterocycles. The summed E-state index contributed by atoms with van der Waals surface area (Å²) in [5.41, 5.74) is 3.20. The van der Waals surface area contributed by atoms with Gasteiger partial charge < -0.3 is 15.4 Å². The van der Waals surface area contributed by atoms with Crippen LogP contribution < -0.4 is 16.2 Å². The second kappa shape index (κ2) is 10.5. The van der Waals surface area contributed by atoms with Crippen molar-refractivity contribution in [2.45, 2.75) is 24.5 Å². The van der Waals surface area contributed by atoms with E-state index in [9.17, 15) is 9.00 Å². The quantitative estimate of drug-likeness (QED) is 0.389. The number of hydrogen-bond donors (Lipinski definition) is 2. The molecule has 36 heavy (non-hydrogen) atoms. The van der Waals surface area contributed by atoms with Crippen molar-refractivity contribution in [1.29, 1.82) is 0 Å². The fourth-order valence-electron chi connectivity index (χ4n) is 4.28. The molecule has 0 bridgehead atoms. The largest absolute Gasteiger partial charge is 0.371 e. The fraction of sp³-hybridized carbons (Fsp3) is 0.269. The molecule has 1 aliphatic rings. The molecule has 8 nitrogen and oxygen atoms in total. The number of pyridine rings is 1. The molecule has 0 saturated carbocycles. The first-order chi connectivity index (χ1) is 17.4. The van der Waals surface area contributed by atoms with Gasteiger partial charge in [0.25, 0.3) is 5.56 Å². The molecule has 1 aliphatic heterocycles. The second-order valence-corrected chi connectivity index (χ2v) is 10.3. The van der Waals surface area contributed by atoms with Crippen molar-refractivity contribution in [2.24, 2.45) is 0 Å². The van der Waals surface area contributed by atoms with Gasteiger partial charge in [0.2, 0.25) is 5.95 Å². The van der Waals surface area contributed by atoms with Crippen molar-refractivity contribution in [2.75, 3.05) is 31.3 Å². The lowest BCUT2D eigenvalue weighted by Gasteiger charge is -2.24. The first-order valence-electron chi connectivity index (χ1n) is 11.7. The lowest BCUT2D eigenvalue weighted by atomic mass is 10.1. The molecule has 0 radical (unpaired) electrons. The first kappa shape index (κ1) is 24.6. The van der Waals surface area contributed by atoms with Gasteiger partial charge in [0.1, 0.15) is 5.65 Å². The number of anilines is 2. The summed E-state index contributed by atoms with van der Waals surface area (Å²) in [6.07, 6.45) is 3.32. The van der Waals surface area contributed by atoms with Crippen LogP contribution in [0, 0.1) is 0 Å². The Balaban J connectivity index is 1.48. The standard InChI is InChI=1S/C26H26ClN5O3S/c1-3-32-24-17(12-21(25(32)33)20-13-19(36(2)34)8-9-22(20)27)14-29-26(31-24)30-18-6-4-16(5-7-18)23-15-28-10-11-35-23/h4-9,12-14,23,28H,3,10-11,15H2,1-2H3,(H,29,30,31). The average Bonchev–Trinajstić information content (AvgIpc) is 2.90. The van der Waals surface area contributed by atoms with Gasteiger partial charge in [0.15, 0.2) is 0 Å². The smallest absolute Gasteiger partial charge is 0.260 e. The van der Waals surface area contributed by atoms with E-state index >= 15 is 0 Å². The third-order valence-corrected chi connectivity index (χ3v) is 7.42. The zero-order chi connectivity index (χ0) is 25.2. The third-order valence-electron chi connectivity index (χ3n) is 6.17. The minimum Gasteiger partial charge on any atom is -0.371 e. The van der Waals surface area contributed by atoms with Gasteiger partial charge >= 0.3 is 0 Å². The maximum Gasteiger partial charge on any atom is 0.260 e. The van der Waals surface area contributed by atoms with Crippen LogP contribution >= 0.6 is 11.6 Å². The SMILES string of the molecule is CCn1c(=O)c(-c2cc(S(C)=O)ccc2Cl)cc2cnc(Nc3ccc(C4CNCCO4)cc3)nc21. The summed E-state index contributed by atoms with van der Waals surface area (Å²) in [4.78, 5) is 23.1. The van der Waals surface area contributed by atoms with E-state index in [-0.39, 0.29) is 11.7 Å². The van der Waals surface area contributed by atoms with Crippen LogP contribution in [-0.2, 0) is 22.1 Å². The van der Waals surface area contributed by atoms with Crippen molar-refractivity contribution in [3.05, 3.63) is 75.7 Å². The maximum absolute atomic E-state index is 13.4. The van der Waals surface area contributed by atoms with Crippen LogP contribution in [-0.4, -0.2) is 44.7 Å². The highest BCUT2D eigenvalue weighted by molar-refractivity contribution is 7.84. The van der Waals surface area contributed by atoms with E-state index < -0.39 is 10.8 Å². The Morgan fingerprint density at radius 3 is 2.69 bits per heavy atom. The minimum atomic E-state index is -1.20. The Morgan fingerprint density at radius 2 is 2.00 bits per heavy atom. The minimum absolute atomic E-state index is 0.0458. The van der Waals surface area contributed by atoms with Gasteiger partial charge in [0, 0.05) is 75.0 Å². The van der Waals surface area contributed by atoms with Gasteiger partial charge in [-0.2, -0.15) is 4.98 Å². The molecule has 5 rings (SSSR count). The van der Waals surface area contributed by atoms with E-state index in [1.807, 2.05) is 31.2 Å². The topological polar surface area (TPSA) is 98.1 Å². The number of aromatic nitrogens is 3. The fourth-order valence-corrected chi connectivity index (χ4v) is 5.05. The van der Waals surface area contributed by atoms with Crippen molar-refractivity contribution in [1.82, 2.24) is 19.9 Å². The lowest BCUT2D eigenvalue weighted by Crippen LogP contribution is -2.33. The number of rotatable bonds is 6. The number of nitrogens with one attached hydrogen (secondary N) is 2. The van der Waals surface area contributed by atoms with Gasteiger partial charge in [-0.3, -0.25) is 13.6 Å². The molecule has 4 aromatic rings. The summed E-state index contributed by atoms with van der Waals surface area (Å²) in [5.74, 6) is 0.390. The summed E-state index contributed by atoms with van der Waals surface area (Å²) in [7, 11) is -1.20. The van der Waals surface area contributed by atoms with E-state index in [0.29, 0.717) is 51.2 Å². The molecule has 2 unspecified atom stereocenters. The van der Waals surface area contributed by atoms with E-state index in [0.717, 1.165) is 24.3 Å². The van der Waals surface area contributed by atoms with Crippen molar-refractivity contribution in [3.63, 3.8) is 0 Å². The predicted octanol–water partition coefficient (Wildman–Crippen LogP) is 4.27. The van der Waals surface area contributed by atoms with Gasteiger partial charge in [-0.05, 0) is 48.9 Å². The van der Waals surface area contributed by atoms with Crippen molar-refractivity contribution < 1.29 is 8.95 Å². The van der Waals surface area contributed by atoms with Crippen LogP contribution in [0.2, 0.25) is 5.02 Å². The normalized spacial score (nSPS) is 16.7. The molecule has 0 amide bonds. The summed E-state index contributed by atoms with van der Waals surface area (Å²) in [6.45, 7) is 4.68. The summed E-state index contributed by atoms with van der Waals surface area (Å²) < 4.78 is 19.4. The lowest BCUT2D eigenvalue weighted by molar-refractivity contribution is 0.0277. The van der Waals surface area contributed by atoms with Gasteiger partial charge in [-0.1, -0.05) is 23.7 Å². The summed E-state index contributed by atoms with van der Waals surface area (Å²) in [6, 6.07) is 14.8. The number of morpholine rings is 1. The van der Waals surface area contributed by atoms with E-state index in [2.05, 4.69) is 20.6 Å². The monoisotopic (exact) mass is 523 g/mol. The van der Waals surface area contributed by atoms with Gasteiger partial charge in [0.05, 0.1) is 12.7 Å². The second-order valence-electron chi connectivity index (χ2n) is 8.49. The summed E-state index contributed by atoms with van der Waals surface area (Å²) in [5, 5.41) is 7.68. The first-order valence-corrected chi connectivity index (χ1v) is 13.6. The number of aryl methyl sites for hydroxylation is 1. The Labute approximate surface area is 216 Å². The molecule has 1 fully saturated rings. The zero-order valence-electron chi connectivity index (χ0n) is 20.0. The third kappa shape index (κ3) is 4.92. The highest BCUT2D eigenvalue weighted by Crippen LogP contribution is 2.30. The molecule has 3 heterocycles. The molecule has 2 aromatic carbocycles. The number of nitrogens with zero attached hydrogens (tertiary/aromatic N) is 3. The molecule has 2 atom stereocenters. The number of fused-ring (bicyclic) bond motifs is 1. The molecule has 2 aromatic heterocycles. The van der Waals surface area contributed by atoms with Crippen LogP contribution in [0.4, 0.5) is 11.6 Å². The zero-order valence-corrected chi connectivity index (χ0v) is 21.5. The number of ether oxygens (including phenoxy) is 1. The number of hydrogen-bond acceptors (Lipinski definition) is 7. The predicted molar refractivity (Wildman–Crippen MR) is 144 cm³/mol. The van der Waals surface area contributed by atoms with Gasteiger partial charge in [-0.15, -0.1) is 0 Å². The Hall–Kier alpha value is -3.11. The van der Waals surface area contributed by atoms with Crippen LogP contribution in [0.25, 0.3) is 22.2 Å². The molecule has 0 spiro atoms. The van der Waals surface area contributed by atoms with E-state index in [4.69, 9.17) is 16.3 Å². The Kier molecular flexibility index (Phi) is 7.15.